The molecule has 1 atom stereocenters. The van der Waals surface area contributed by atoms with Gasteiger partial charge in [-0.1, -0.05) is 18.2 Å². The molecule has 1 aliphatic heterocycles. The smallest absolute Gasteiger partial charge is 0.337 e. The Morgan fingerprint density at radius 1 is 1.07 bits per heavy atom. The highest BCUT2D eigenvalue weighted by molar-refractivity contribution is 7.89. The van der Waals surface area contributed by atoms with Gasteiger partial charge < -0.3 is 9.64 Å². The van der Waals surface area contributed by atoms with Crippen molar-refractivity contribution in [1.29, 1.82) is 0 Å². The molecule has 1 aliphatic rings. The lowest BCUT2D eigenvalue weighted by molar-refractivity contribution is 0.0600. The predicted octanol–water partition coefficient (Wildman–Crippen LogP) is 3.50. The van der Waals surface area contributed by atoms with Gasteiger partial charge in [-0.05, 0) is 62.1 Å². The molecular formula is C21H26N2O4S. The zero-order chi connectivity index (χ0) is 20.1. The van der Waals surface area contributed by atoms with E-state index in [1.807, 2.05) is 24.3 Å². The third kappa shape index (κ3) is 4.72. The summed E-state index contributed by atoms with van der Waals surface area (Å²) < 4.78 is 32.8. The van der Waals surface area contributed by atoms with Gasteiger partial charge in [-0.15, -0.1) is 0 Å². The molecule has 7 heteroatoms. The molecule has 150 valence electrons. The Morgan fingerprint density at radius 2 is 1.75 bits per heavy atom. The molecule has 2 aromatic carbocycles. The van der Waals surface area contributed by atoms with E-state index in [9.17, 15) is 13.2 Å². The van der Waals surface area contributed by atoms with Crippen LogP contribution in [-0.2, 0) is 14.8 Å². The topological polar surface area (TPSA) is 75.7 Å². The van der Waals surface area contributed by atoms with Crippen LogP contribution in [0.25, 0.3) is 0 Å². The van der Waals surface area contributed by atoms with Crippen molar-refractivity contribution in [3.63, 3.8) is 0 Å². The molecule has 0 unspecified atom stereocenters. The summed E-state index contributed by atoms with van der Waals surface area (Å²) in [5.41, 5.74) is 2.25. The second-order valence-corrected chi connectivity index (χ2v) is 8.72. The highest BCUT2D eigenvalue weighted by Crippen LogP contribution is 2.23. The second-order valence-electron chi connectivity index (χ2n) is 7.00. The number of esters is 1. The quantitative estimate of drug-likeness (QED) is 0.749. The largest absolute Gasteiger partial charge is 0.465 e. The van der Waals surface area contributed by atoms with Crippen molar-refractivity contribution in [3.05, 3.63) is 59.7 Å². The van der Waals surface area contributed by atoms with Crippen molar-refractivity contribution < 1.29 is 17.9 Å². The fourth-order valence-corrected chi connectivity index (χ4v) is 4.68. The first-order valence-electron chi connectivity index (χ1n) is 9.46. The number of piperidine rings is 1. The summed E-state index contributed by atoms with van der Waals surface area (Å²) >= 11 is 0. The molecule has 0 aromatic heterocycles. The number of rotatable bonds is 6. The monoisotopic (exact) mass is 402 g/mol. The molecule has 0 bridgehead atoms. The van der Waals surface area contributed by atoms with Crippen molar-refractivity contribution in [2.45, 2.75) is 37.1 Å². The molecule has 1 fully saturated rings. The number of nitrogens with one attached hydrogen (secondary N) is 1. The van der Waals surface area contributed by atoms with Gasteiger partial charge >= 0.3 is 5.97 Å². The Kier molecular flexibility index (Phi) is 6.36. The third-order valence-corrected chi connectivity index (χ3v) is 6.55. The van der Waals surface area contributed by atoms with Crippen molar-refractivity contribution in [1.82, 2.24) is 4.72 Å². The molecule has 28 heavy (non-hydrogen) atoms. The van der Waals surface area contributed by atoms with Crippen molar-refractivity contribution in [2.24, 2.45) is 0 Å². The van der Waals surface area contributed by atoms with E-state index in [1.54, 1.807) is 6.92 Å². The minimum Gasteiger partial charge on any atom is -0.465 e. The number of benzene rings is 2. The Labute approximate surface area is 166 Å². The first kappa shape index (κ1) is 20.4. The molecule has 1 saturated heterocycles. The maximum absolute atomic E-state index is 12.7. The van der Waals surface area contributed by atoms with E-state index in [1.165, 1.54) is 56.3 Å². The first-order chi connectivity index (χ1) is 13.4. The van der Waals surface area contributed by atoms with Gasteiger partial charge in [0.25, 0.3) is 0 Å². The van der Waals surface area contributed by atoms with Gasteiger partial charge in [0.15, 0.2) is 0 Å². The normalized spacial score (nSPS) is 15.9. The van der Waals surface area contributed by atoms with Crippen LogP contribution in [0.2, 0.25) is 0 Å². The maximum Gasteiger partial charge on any atom is 0.337 e. The Bertz CT molecular complexity index is 920. The van der Waals surface area contributed by atoms with Crippen LogP contribution in [0.15, 0.2) is 53.4 Å². The summed E-state index contributed by atoms with van der Waals surface area (Å²) in [6.07, 6.45) is 3.70. The molecule has 0 saturated carbocycles. The van der Waals surface area contributed by atoms with E-state index < -0.39 is 22.0 Å². The van der Waals surface area contributed by atoms with Crippen molar-refractivity contribution in [2.75, 3.05) is 25.1 Å². The van der Waals surface area contributed by atoms with Crippen LogP contribution in [0.4, 0.5) is 5.69 Å². The van der Waals surface area contributed by atoms with Gasteiger partial charge in [0, 0.05) is 24.8 Å². The number of sulfonamides is 1. The van der Waals surface area contributed by atoms with Crippen molar-refractivity contribution >= 4 is 21.7 Å². The number of hydrogen-bond donors (Lipinski definition) is 1. The van der Waals surface area contributed by atoms with Crippen LogP contribution in [-0.4, -0.2) is 34.6 Å². The summed E-state index contributed by atoms with van der Waals surface area (Å²) in [6.45, 7) is 3.94. The average Bonchev–Trinajstić information content (AvgIpc) is 2.73. The minimum atomic E-state index is -3.77. The average molecular weight is 403 g/mol. The number of hydrogen-bond acceptors (Lipinski definition) is 5. The molecule has 3 rings (SSSR count). The third-order valence-electron chi connectivity index (χ3n) is 5.01. The Balaban J connectivity index is 1.72. The van der Waals surface area contributed by atoms with Crippen LogP contribution in [0.3, 0.4) is 0 Å². The maximum atomic E-state index is 12.7. The minimum absolute atomic E-state index is 0.0344. The molecule has 6 nitrogen and oxygen atoms in total. The van der Waals surface area contributed by atoms with Gasteiger partial charge in [-0.3, -0.25) is 0 Å². The van der Waals surface area contributed by atoms with Crippen LogP contribution in [0.1, 0.15) is 48.1 Å². The number of nitrogens with zero attached hydrogens (tertiary/aromatic N) is 1. The molecule has 0 spiro atoms. The van der Waals surface area contributed by atoms with Crippen LogP contribution < -0.4 is 9.62 Å². The van der Waals surface area contributed by atoms with E-state index in [4.69, 9.17) is 0 Å². The van der Waals surface area contributed by atoms with Gasteiger partial charge in [-0.25, -0.2) is 17.9 Å². The number of anilines is 1. The second kappa shape index (κ2) is 8.75. The molecule has 0 amide bonds. The first-order valence-corrected chi connectivity index (χ1v) is 10.9. The van der Waals surface area contributed by atoms with E-state index in [-0.39, 0.29) is 10.5 Å². The van der Waals surface area contributed by atoms with E-state index in [0.717, 1.165) is 18.7 Å². The SMILES string of the molecule is COC(=O)c1cccc(S(=O)(=O)N[C@@H](C)c2ccc(N3CCCCC3)cc2)c1. The van der Waals surface area contributed by atoms with Gasteiger partial charge in [-0.2, -0.15) is 0 Å². The van der Waals surface area contributed by atoms with Crippen LogP contribution in [0.5, 0.6) is 0 Å². The zero-order valence-electron chi connectivity index (χ0n) is 16.2. The predicted molar refractivity (Wildman–Crippen MR) is 109 cm³/mol. The number of methoxy groups -OCH3 is 1. The molecule has 0 radical (unpaired) electrons. The van der Waals surface area contributed by atoms with E-state index >= 15 is 0 Å². The Hall–Kier alpha value is -2.38. The molecule has 1 N–H and O–H groups in total. The summed E-state index contributed by atoms with van der Waals surface area (Å²) in [5.74, 6) is -0.571. The highest BCUT2D eigenvalue weighted by Gasteiger charge is 2.20. The van der Waals surface area contributed by atoms with Gasteiger partial charge in [0.2, 0.25) is 10.0 Å². The summed E-state index contributed by atoms with van der Waals surface area (Å²) in [5, 5.41) is 0. The van der Waals surface area contributed by atoms with Gasteiger partial charge in [0.05, 0.1) is 17.6 Å². The highest BCUT2D eigenvalue weighted by atomic mass is 32.2. The molecule has 0 aliphatic carbocycles. The lowest BCUT2D eigenvalue weighted by Crippen LogP contribution is -2.29. The summed E-state index contributed by atoms with van der Waals surface area (Å²) in [4.78, 5) is 14.1. The standard InChI is InChI=1S/C21H26N2O4S/c1-16(17-9-11-19(12-10-17)23-13-4-3-5-14-23)22-28(25,26)20-8-6-7-18(15-20)21(24)27-2/h6-12,15-16,22H,3-5,13-14H2,1-2H3/t16-/m0/s1. The summed E-state index contributed by atoms with van der Waals surface area (Å²) in [6, 6.07) is 13.4. The van der Waals surface area contributed by atoms with Crippen molar-refractivity contribution in [3.8, 4) is 0 Å². The van der Waals surface area contributed by atoms with Crippen LogP contribution >= 0.6 is 0 Å². The zero-order valence-corrected chi connectivity index (χ0v) is 17.0. The fraction of sp³-hybridized carbons (Fsp3) is 0.381. The van der Waals surface area contributed by atoms with Crippen LogP contribution in [0, 0.1) is 0 Å². The molecular weight excluding hydrogens is 376 g/mol. The number of carbonyl (C=O) groups excluding carboxylic acids is 1. The number of ether oxygens (including phenoxy) is 1. The molecule has 1 heterocycles. The Morgan fingerprint density at radius 3 is 2.39 bits per heavy atom. The summed E-state index contributed by atoms with van der Waals surface area (Å²) in [7, 11) is -2.51. The number of carbonyl (C=O) groups is 1. The van der Waals surface area contributed by atoms with E-state index in [0.29, 0.717) is 0 Å². The van der Waals surface area contributed by atoms with Gasteiger partial charge in [0.1, 0.15) is 0 Å². The van der Waals surface area contributed by atoms with E-state index in [2.05, 4.69) is 14.4 Å². The fourth-order valence-electron chi connectivity index (χ4n) is 3.40. The lowest BCUT2D eigenvalue weighted by Gasteiger charge is -2.29. The molecule has 2 aromatic rings. The lowest BCUT2D eigenvalue weighted by atomic mass is 10.1.